The normalized spacial score (nSPS) is 6.47. The van der Waals surface area contributed by atoms with E-state index in [1.165, 1.54) is 0 Å². The average Bonchev–Trinajstić information content (AvgIpc) is 2.20. The van der Waals surface area contributed by atoms with Crippen molar-refractivity contribution in [3.63, 3.8) is 0 Å². The molecule has 0 radical (unpaired) electrons. The molecule has 0 saturated carbocycles. The molecule has 15 heavy (non-hydrogen) atoms. The van der Waals surface area contributed by atoms with Crippen LogP contribution in [0.15, 0.2) is 25.3 Å². The van der Waals surface area contributed by atoms with Crippen LogP contribution in [0.4, 0.5) is 0 Å². The molecule has 0 aromatic heterocycles. The van der Waals surface area contributed by atoms with Crippen LogP contribution in [0.2, 0.25) is 0 Å². The molecule has 0 aliphatic heterocycles. The molecular formula is C9H14O6. The zero-order valence-electron chi connectivity index (χ0n) is 8.38. The highest BCUT2D eigenvalue weighted by atomic mass is 16.5. The lowest BCUT2D eigenvalue weighted by Gasteiger charge is -1.79. The highest BCUT2D eigenvalue weighted by Crippen LogP contribution is 1.55. The standard InChI is InChI=1S/C3H6O2.2C3H4O2/c1-2-5-3-4;2*1-2-3(4)5/h3H,2H2,1H3;2*2H,1H2,(H,4,5). The molecule has 0 aromatic rings. The lowest BCUT2D eigenvalue weighted by molar-refractivity contribution is -0.132. The molecule has 6 heteroatoms. The molecule has 0 aliphatic rings. The number of rotatable bonds is 4. The smallest absolute Gasteiger partial charge is 0.327 e. The van der Waals surface area contributed by atoms with Gasteiger partial charge in [0.25, 0.3) is 6.47 Å². The topological polar surface area (TPSA) is 101 Å². The number of carbonyl (C=O) groups excluding carboxylic acids is 1. The van der Waals surface area contributed by atoms with E-state index >= 15 is 0 Å². The minimum Gasteiger partial charge on any atom is -0.478 e. The first-order chi connectivity index (χ1) is 6.95. The van der Waals surface area contributed by atoms with E-state index in [4.69, 9.17) is 10.2 Å². The number of ether oxygens (including phenoxy) is 1. The molecule has 0 rings (SSSR count). The van der Waals surface area contributed by atoms with Crippen molar-refractivity contribution in [1.82, 2.24) is 0 Å². The number of hydrogen-bond acceptors (Lipinski definition) is 4. The second kappa shape index (κ2) is 17.8. The second-order valence-electron chi connectivity index (χ2n) is 1.64. The van der Waals surface area contributed by atoms with Gasteiger partial charge in [-0.05, 0) is 6.92 Å². The SMILES string of the molecule is C=CC(=O)O.C=CC(=O)O.CCOC=O. The van der Waals surface area contributed by atoms with Crippen molar-refractivity contribution in [3.05, 3.63) is 25.3 Å². The molecule has 6 nitrogen and oxygen atoms in total. The maximum absolute atomic E-state index is 9.25. The van der Waals surface area contributed by atoms with Crippen molar-refractivity contribution < 1.29 is 29.3 Å². The predicted octanol–water partition coefficient (Wildman–Crippen LogP) is 0.693. The van der Waals surface area contributed by atoms with E-state index in [2.05, 4.69) is 17.9 Å². The molecule has 0 spiro atoms. The summed E-state index contributed by atoms with van der Waals surface area (Å²) in [7, 11) is 0. The maximum Gasteiger partial charge on any atom is 0.327 e. The van der Waals surface area contributed by atoms with Crippen LogP contribution in [0.3, 0.4) is 0 Å². The molecule has 0 amide bonds. The van der Waals surface area contributed by atoms with Gasteiger partial charge in [-0.1, -0.05) is 13.2 Å². The third kappa shape index (κ3) is 76.9. The molecule has 86 valence electrons. The zero-order valence-corrected chi connectivity index (χ0v) is 8.38. The van der Waals surface area contributed by atoms with Crippen molar-refractivity contribution in [2.24, 2.45) is 0 Å². The first-order valence-corrected chi connectivity index (χ1v) is 3.72. The summed E-state index contributed by atoms with van der Waals surface area (Å²) in [4.78, 5) is 27.7. The summed E-state index contributed by atoms with van der Waals surface area (Å²) in [6.45, 7) is 8.59. The summed E-state index contributed by atoms with van der Waals surface area (Å²) in [6.07, 6.45) is 1.67. The lowest BCUT2D eigenvalue weighted by atomic mass is 10.7. The van der Waals surface area contributed by atoms with Crippen LogP contribution in [0.25, 0.3) is 0 Å². The molecule has 0 atom stereocenters. The largest absolute Gasteiger partial charge is 0.478 e. The zero-order chi connectivity index (χ0) is 12.7. The van der Waals surface area contributed by atoms with Gasteiger partial charge in [0.05, 0.1) is 6.61 Å². The molecule has 0 aromatic carbocycles. The predicted molar refractivity (Wildman–Crippen MR) is 53.4 cm³/mol. The van der Waals surface area contributed by atoms with E-state index in [1.807, 2.05) is 0 Å². The van der Waals surface area contributed by atoms with Gasteiger partial charge < -0.3 is 14.9 Å². The fourth-order valence-corrected chi connectivity index (χ4v) is 0.0680. The Kier molecular flexibility index (Phi) is 22.2. The van der Waals surface area contributed by atoms with E-state index < -0.39 is 11.9 Å². The Bertz CT molecular complexity index is 191. The van der Waals surface area contributed by atoms with Crippen LogP contribution in [0.1, 0.15) is 6.92 Å². The Hall–Kier alpha value is -2.11. The van der Waals surface area contributed by atoms with E-state index in [0.29, 0.717) is 13.1 Å². The van der Waals surface area contributed by atoms with Gasteiger partial charge in [0.2, 0.25) is 0 Å². The van der Waals surface area contributed by atoms with E-state index in [-0.39, 0.29) is 0 Å². The van der Waals surface area contributed by atoms with Crippen molar-refractivity contribution in [1.29, 1.82) is 0 Å². The van der Waals surface area contributed by atoms with Crippen molar-refractivity contribution >= 4 is 18.4 Å². The molecule has 0 fully saturated rings. The Morgan fingerprint density at radius 2 is 1.47 bits per heavy atom. The summed E-state index contributed by atoms with van der Waals surface area (Å²) in [5.74, 6) is -1.96. The summed E-state index contributed by atoms with van der Waals surface area (Å²) in [5, 5.41) is 15.2. The maximum atomic E-state index is 9.25. The van der Waals surface area contributed by atoms with Crippen molar-refractivity contribution in [3.8, 4) is 0 Å². The van der Waals surface area contributed by atoms with Gasteiger partial charge in [-0.25, -0.2) is 9.59 Å². The monoisotopic (exact) mass is 218 g/mol. The molecular weight excluding hydrogens is 204 g/mol. The minimum atomic E-state index is -0.981. The van der Waals surface area contributed by atoms with Crippen LogP contribution in [-0.2, 0) is 19.1 Å². The fourth-order valence-electron chi connectivity index (χ4n) is 0.0680. The number of aliphatic carboxylic acids is 2. The molecule has 2 N–H and O–H groups in total. The van der Waals surface area contributed by atoms with E-state index in [0.717, 1.165) is 12.2 Å². The first-order valence-electron chi connectivity index (χ1n) is 3.72. The van der Waals surface area contributed by atoms with Crippen LogP contribution in [0.5, 0.6) is 0 Å². The number of hydrogen-bond donors (Lipinski definition) is 2. The second-order valence-corrected chi connectivity index (χ2v) is 1.64. The molecule has 0 bridgehead atoms. The Morgan fingerprint density at radius 1 is 1.20 bits per heavy atom. The van der Waals surface area contributed by atoms with Gasteiger partial charge in [0.1, 0.15) is 0 Å². The highest BCUT2D eigenvalue weighted by Gasteiger charge is 1.73. The van der Waals surface area contributed by atoms with Gasteiger partial charge >= 0.3 is 11.9 Å². The lowest BCUT2D eigenvalue weighted by Crippen LogP contribution is -1.82. The summed E-state index contributed by atoms with van der Waals surface area (Å²) in [5.41, 5.74) is 0. The average molecular weight is 218 g/mol. The summed E-state index contributed by atoms with van der Waals surface area (Å²) < 4.78 is 4.15. The van der Waals surface area contributed by atoms with Crippen LogP contribution >= 0.6 is 0 Å². The fraction of sp³-hybridized carbons (Fsp3) is 0.222. The molecule has 0 aliphatic carbocycles. The van der Waals surface area contributed by atoms with Gasteiger partial charge in [0, 0.05) is 12.2 Å². The van der Waals surface area contributed by atoms with Crippen LogP contribution < -0.4 is 0 Å². The van der Waals surface area contributed by atoms with Crippen molar-refractivity contribution in [2.45, 2.75) is 6.92 Å². The van der Waals surface area contributed by atoms with E-state index in [1.54, 1.807) is 6.92 Å². The Labute approximate surface area is 87.5 Å². The van der Waals surface area contributed by atoms with Gasteiger partial charge in [0.15, 0.2) is 0 Å². The van der Waals surface area contributed by atoms with E-state index in [9.17, 15) is 14.4 Å². The molecule has 0 saturated heterocycles. The van der Waals surface area contributed by atoms with Gasteiger partial charge in [-0.3, -0.25) is 4.79 Å². The summed E-state index contributed by atoms with van der Waals surface area (Å²) in [6, 6.07) is 0. The van der Waals surface area contributed by atoms with Gasteiger partial charge in [-0.15, -0.1) is 0 Å². The summed E-state index contributed by atoms with van der Waals surface area (Å²) >= 11 is 0. The quantitative estimate of drug-likeness (QED) is 0.532. The number of carboxylic acids is 2. The number of carbonyl (C=O) groups is 3. The third-order valence-electron chi connectivity index (χ3n) is 0.584. The van der Waals surface area contributed by atoms with Crippen molar-refractivity contribution in [2.75, 3.05) is 6.61 Å². The first kappa shape index (κ1) is 18.6. The number of carboxylic acid groups (broad SMARTS) is 2. The Balaban J connectivity index is -0.000000144. The highest BCUT2D eigenvalue weighted by molar-refractivity contribution is 5.79. The minimum absolute atomic E-state index is 0.431. The molecule has 0 heterocycles. The van der Waals surface area contributed by atoms with Crippen LogP contribution in [0, 0.1) is 0 Å². The Morgan fingerprint density at radius 3 is 1.47 bits per heavy atom. The molecule has 0 unspecified atom stereocenters. The van der Waals surface area contributed by atoms with Crippen LogP contribution in [-0.4, -0.2) is 35.2 Å². The van der Waals surface area contributed by atoms with Gasteiger partial charge in [-0.2, -0.15) is 0 Å². The third-order valence-corrected chi connectivity index (χ3v) is 0.584.